The molecule has 0 aromatic heterocycles. The van der Waals surface area contributed by atoms with Gasteiger partial charge in [0.15, 0.2) is 0 Å². The van der Waals surface area contributed by atoms with Crippen LogP contribution in [0.5, 0.6) is 0 Å². The topological polar surface area (TPSA) is 113 Å². The molecule has 1 aliphatic heterocycles. The van der Waals surface area contributed by atoms with E-state index in [4.69, 9.17) is 10.5 Å². The van der Waals surface area contributed by atoms with Gasteiger partial charge in [0.05, 0.1) is 11.6 Å². The van der Waals surface area contributed by atoms with Crippen LogP contribution in [0.3, 0.4) is 0 Å². The van der Waals surface area contributed by atoms with Gasteiger partial charge in [0.2, 0.25) is 12.3 Å². The van der Waals surface area contributed by atoms with Crippen LogP contribution in [0.25, 0.3) is 0 Å². The van der Waals surface area contributed by atoms with E-state index in [0.29, 0.717) is 19.4 Å². The molecule has 1 heterocycles. The first-order valence-electron chi connectivity index (χ1n) is 8.10. The van der Waals surface area contributed by atoms with E-state index in [2.05, 4.69) is 0 Å². The molecule has 3 atom stereocenters. The lowest BCUT2D eigenvalue weighted by molar-refractivity contribution is -0.136. The van der Waals surface area contributed by atoms with Crippen molar-refractivity contribution in [3.63, 3.8) is 0 Å². The first-order chi connectivity index (χ1) is 10.9. The Hall–Kier alpha value is -1.83. The Labute approximate surface area is 142 Å². The summed E-state index contributed by atoms with van der Waals surface area (Å²) in [6.45, 7) is 9.18. The molecular weight excluding hydrogens is 314 g/mol. The minimum Gasteiger partial charge on any atom is -0.444 e. The van der Waals surface area contributed by atoms with Crippen molar-refractivity contribution in [2.75, 3.05) is 13.1 Å². The fraction of sp³-hybridized carbons (Fsp3) is 0.812. The highest BCUT2D eigenvalue weighted by atomic mass is 16.6. The lowest BCUT2D eigenvalue weighted by atomic mass is 9.97. The molecule has 0 aromatic rings. The summed E-state index contributed by atoms with van der Waals surface area (Å²) in [5, 5.41) is 9.76. The predicted octanol–water partition coefficient (Wildman–Crippen LogP) is 0.469. The van der Waals surface area contributed by atoms with Crippen LogP contribution in [-0.2, 0) is 14.3 Å². The van der Waals surface area contributed by atoms with Crippen LogP contribution in [-0.4, -0.2) is 69.7 Å². The van der Waals surface area contributed by atoms with Gasteiger partial charge in [0, 0.05) is 13.1 Å². The van der Waals surface area contributed by atoms with Crippen LogP contribution < -0.4 is 5.73 Å². The molecule has 1 saturated heterocycles. The molecule has 24 heavy (non-hydrogen) atoms. The average Bonchev–Trinajstić information content (AvgIpc) is 2.76. The van der Waals surface area contributed by atoms with E-state index in [-0.39, 0.29) is 6.54 Å². The van der Waals surface area contributed by atoms with Gasteiger partial charge in [-0.15, -0.1) is 0 Å². The van der Waals surface area contributed by atoms with E-state index in [0.717, 1.165) is 11.3 Å². The summed E-state index contributed by atoms with van der Waals surface area (Å²) in [6, 6.07) is -1.14. The molecule has 3 unspecified atom stereocenters. The molecule has 0 aromatic carbocycles. The number of aliphatic hydroxyl groups is 1. The largest absolute Gasteiger partial charge is 0.444 e. The third kappa shape index (κ3) is 4.83. The monoisotopic (exact) mass is 343 g/mol. The summed E-state index contributed by atoms with van der Waals surface area (Å²) >= 11 is 0. The van der Waals surface area contributed by atoms with Gasteiger partial charge in [-0.3, -0.25) is 9.59 Å². The van der Waals surface area contributed by atoms with Crippen molar-refractivity contribution in [2.24, 2.45) is 5.73 Å². The SMILES string of the molecule is CC(O)C(C(N)=O)N(C=O)CC1(C)CCCN1C(=O)OC(C)(C)C. The zero-order chi connectivity index (χ0) is 18.7. The van der Waals surface area contributed by atoms with Gasteiger partial charge in [-0.05, 0) is 47.5 Å². The molecule has 0 bridgehead atoms. The average molecular weight is 343 g/mol. The Morgan fingerprint density at radius 1 is 1.46 bits per heavy atom. The van der Waals surface area contributed by atoms with E-state index >= 15 is 0 Å². The number of primary amides is 1. The second-order valence-electron chi connectivity index (χ2n) is 7.60. The molecule has 8 nitrogen and oxygen atoms in total. The van der Waals surface area contributed by atoms with Crippen LogP contribution in [0, 0.1) is 0 Å². The number of rotatable bonds is 6. The molecule has 0 spiro atoms. The first-order valence-corrected chi connectivity index (χ1v) is 8.10. The summed E-state index contributed by atoms with van der Waals surface area (Å²) in [6.07, 6.45) is 0.341. The number of nitrogens with two attached hydrogens (primary N) is 1. The second kappa shape index (κ2) is 7.38. The zero-order valence-electron chi connectivity index (χ0n) is 15.1. The molecule has 0 saturated carbocycles. The predicted molar refractivity (Wildman–Crippen MR) is 88.0 cm³/mol. The smallest absolute Gasteiger partial charge is 0.410 e. The van der Waals surface area contributed by atoms with E-state index in [1.807, 2.05) is 6.92 Å². The minimum absolute atomic E-state index is 0.0915. The van der Waals surface area contributed by atoms with Crippen LogP contribution >= 0.6 is 0 Å². The maximum absolute atomic E-state index is 12.4. The molecule has 1 rings (SSSR count). The Kier molecular flexibility index (Phi) is 6.21. The maximum atomic E-state index is 12.4. The standard InChI is InChI=1S/C16H29N3O5/c1-11(21)12(13(17)22)18(10-20)9-16(5)7-6-8-19(16)14(23)24-15(2,3)4/h10-12,21H,6-9H2,1-5H3,(H2,17,22). The van der Waals surface area contributed by atoms with Crippen LogP contribution in [0.15, 0.2) is 0 Å². The van der Waals surface area contributed by atoms with Gasteiger partial charge in [-0.25, -0.2) is 4.79 Å². The molecule has 3 amide bonds. The van der Waals surface area contributed by atoms with E-state index in [9.17, 15) is 19.5 Å². The van der Waals surface area contributed by atoms with Crippen molar-refractivity contribution < 1.29 is 24.2 Å². The summed E-state index contributed by atoms with van der Waals surface area (Å²) in [5.74, 6) is -0.789. The normalized spacial score (nSPS) is 23.5. The summed E-state index contributed by atoms with van der Waals surface area (Å²) in [5.41, 5.74) is 3.99. The van der Waals surface area contributed by atoms with Crippen LogP contribution in [0.1, 0.15) is 47.5 Å². The molecule has 138 valence electrons. The Balaban J connectivity index is 2.97. The zero-order valence-corrected chi connectivity index (χ0v) is 15.1. The van der Waals surface area contributed by atoms with Gasteiger partial charge >= 0.3 is 6.09 Å². The number of carbonyl (C=O) groups excluding carboxylic acids is 3. The highest BCUT2D eigenvalue weighted by Gasteiger charge is 2.44. The first kappa shape index (κ1) is 20.2. The third-order valence-electron chi connectivity index (χ3n) is 4.13. The third-order valence-corrected chi connectivity index (χ3v) is 4.13. The van der Waals surface area contributed by atoms with E-state index in [1.165, 1.54) is 6.92 Å². The number of hydrogen-bond acceptors (Lipinski definition) is 5. The van der Waals surface area contributed by atoms with Crippen molar-refractivity contribution in [2.45, 2.75) is 70.7 Å². The highest BCUT2D eigenvalue weighted by Crippen LogP contribution is 2.32. The molecular formula is C16H29N3O5. The number of nitrogens with zero attached hydrogens (tertiary/aromatic N) is 2. The molecule has 1 aliphatic rings. The lowest BCUT2D eigenvalue weighted by Crippen LogP contribution is -2.59. The maximum Gasteiger partial charge on any atom is 0.410 e. The number of aliphatic hydroxyl groups excluding tert-OH is 1. The van der Waals surface area contributed by atoms with Gasteiger partial charge in [-0.1, -0.05) is 0 Å². The van der Waals surface area contributed by atoms with Crippen molar-refractivity contribution >= 4 is 18.4 Å². The van der Waals surface area contributed by atoms with E-state index < -0.39 is 35.3 Å². The van der Waals surface area contributed by atoms with E-state index in [1.54, 1.807) is 25.7 Å². The Bertz CT molecular complexity index is 489. The second-order valence-corrected chi connectivity index (χ2v) is 7.60. The fourth-order valence-corrected chi connectivity index (χ4v) is 3.09. The van der Waals surface area contributed by atoms with Gasteiger partial charge in [0.1, 0.15) is 11.6 Å². The van der Waals surface area contributed by atoms with Crippen molar-refractivity contribution in [3.05, 3.63) is 0 Å². The minimum atomic E-state index is -1.14. The molecule has 0 radical (unpaired) electrons. The van der Waals surface area contributed by atoms with Crippen LogP contribution in [0.4, 0.5) is 4.79 Å². The number of likely N-dealkylation sites (tertiary alicyclic amines) is 1. The van der Waals surface area contributed by atoms with Gasteiger partial charge < -0.3 is 25.4 Å². The van der Waals surface area contributed by atoms with Gasteiger partial charge in [-0.2, -0.15) is 0 Å². The molecule has 1 fully saturated rings. The quantitative estimate of drug-likeness (QED) is 0.681. The Morgan fingerprint density at radius 2 is 2.04 bits per heavy atom. The lowest BCUT2D eigenvalue weighted by Gasteiger charge is -2.40. The summed E-state index contributed by atoms with van der Waals surface area (Å²) in [4.78, 5) is 38.2. The van der Waals surface area contributed by atoms with Gasteiger partial charge in [0.25, 0.3) is 0 Å². The van der Waals surface area contributed by atoms with Crippen molar-refractivity contribution in [1.82, 2.24) is 9.80 Å². The number of ether oxygens (including phenoxy) is 1. The number of amides is 3. The number of carbonyl (C=O) groups is 3. The molecule has 8 heteroatoms. The summed E-state index contributed by atoms with van der Waals surface area (Å²) < 4.78 is 5.43. The van der Waals surface area contributed by atoms with Crippen LogP contribution in [0.2, 0.25) is 0 Å². The summed E-state index contributed by atoms with van der Waals surface area (Å²) in [7, 11) is 0. The molecule has 3 N–H and O–H groups in total. The molecule has 0 aliphatic carbocycles. The van der Waals surface area contributed by atoms with Crippen molar-refractivity contribution in [1.29, 1.82) is 0 Å². The van der Waals surface area contributed by atoms with Crippen molar-refractivity contribution in [3.8, 4) is 0 Å². The number of hydrogen-bond donors (Lipinski definition) is 2. The Morgan fingerprint density at radius 3 is 2.46 bits per heavy atom. The fourth-order valence-electron chi connectivity index (χ4n) is 3.09. The highest BCUT2D eigenvalue weighted by molar-refractivity contribution is 5.82.